The monoisotopic (exact) mass is 243 g/mol. The Kier molecular flexibility index (Phi) is 4.58. The van der Waals surface area contributed by atoms with Gasteiger partial charge in [-0.05, 0) is 0 Å². The van der Waals surface area contributed by atoms with E-state index in [0.29, 0.717) is 0 Å². The lowest BCUT2D eigenvalue weighted by molar-refractivity contribution is -0.139. The van der Waals surface area contributed by atoms with E-state index in [4.69, 9.17) is 5.11 Å². The van der Waals surface area contributed by atoms with Crippen molar-refractivity contribution in [1.29, 1.82) is 0 Å². The van der Waals surface area contributed by atoms with Crippen molar-refractivity contribution < 1.29 is 24.2 Å². The molecule has 0 amide bonds. The molecule has 0 fully saturated rings. The zero-order valence-corrected chi connectivity index (χ0v) is 9.54. The molecular weight excluding hydrogens is 230 g/mol. The number of ether oxygens (including phenoxy) is 2. The number of aliphatic hydroxyl groups is 1. The van der Waals surface area contributed by atoms with E-state index in [2.05, 4.69) is 19.8 Å². The highest BCUT2D eigenvalue weighted by atomic mass is 16.5. The Bertz CT molecular complexity index is 415. The molecular formula is C9H13N3O5. The normalized spacial score (nSPS) is 10.1. The average molecular weight is 243 g/mol. The number of carbonyl (C=O) groups is 2. The van der Waals surface area contributed by atoms with Gasteiger partial charge in [0.15, 0.2) is 5.69 Å². The van der Waals surface area contributed by atoms with Gasteiger partial charge in [-0.3, -0.25) is 4.79 Å². The Morgan fingerprint density at radius 3 is 2.59 bits per heavy atom. The summed E-state index contributed by atoms with van der Waals surface area (Å²) in [4.78, 5) is 22.6. The second-order valence-corrected chi connectivity index (χ2v) is 3.08. The number of carbonyl (C=O) groups excluding carboxylic acids is 2. The van der Waals surface area contributed by atoms with Gasteiger partial charge in [-0.1, -0.05) is 5.21 Å². The van der Waals surface area contributed by atoms with Crippen molar-refractivity contribution in [2.75, 3.05) is 20.8 Å². The van der Waals surface area contributed by atoms with Crippen molar-refractivity contribution in [3.05, 3.63) is 11.4 Å². The smallest absolute Gasteiger partial charge is 0.360 e. The number of methoxy groups -OCH3 is 2. The fraction of sp³-hybridized carbons (Fsp3) is 0.556. The molecule has 8 nitrogen and oxygen atoms in total. The minimum absolute atomic E-state index is 0.0497. The van der Waals surface area contributed by atoms with Crippen LogP contribution in [0.1, 0.15) is 16.2 Å². The Morgan fingerprint density at radius 1 is 1.35 bits per heavy atom. The molecule has 1 N–H and O–H groups in total. The minimum Gasteiger partial charge on any atom is -0.469 e. The second kappa shape index (κ2) is 5.94. The number of aromatic nitrogens is 3. The Hall–Kier alpha value is -1.96. The van der Waals surface area contributed by atoms with E-state index >= 15 is 0 Å². The molecule has 0 aromatic carbocycles. The third-order valence-electron chi connectivity index (χ3n) is 2.07. The number of hydrogen-bond acceptors (Lipinski definition) is 7. The van der Waals surface area contributed by atoms with Gasteiger partial charge >= 0.3 is 11.9 Å². The summed E-state index contributed by atoms with van der Waals surface area (Å²) in [7, 11) is 2.44. The molecule has 0 saturated heterocycles. The molecule has 0 atom stereocenters. The molecule has 0 aliphatic carbocycles. The molecule has 0 bridgehead atoms. The molecule has 0 unspecified atom stereocenters. The number of aliphatic hydroxyl groups excluding tert-OH is 1. The molecule has 1 heterocycles. The van der Waals surface area contributed by atoms with Crippen LogP contribution in [0.3, 0.4) is 0 Å². The summed E-state index contributed by atoms with van der Waals surface area (Å²) in [6.45, 7) is -0.0472. The highest BCUT2D eigenvalue weighted by molar-refractivity contribution is 5.89. The minimum atomic E-state index is -0.687. The molecule has 0 saturated carbocycles. The summed E-state index contributed by atoms with van der Waals surface area (Å²) in [6, 6.07) is 0. The number of rotatable bonds is 5. The zero-order valence-electron chi connectivity index (χ0n) is 9.54. The van der Waals surface area contributed by atoms with Crippen LogP contribution in [0.15, 0.2) is 0 Å². The predicted octanol–water partition coefficient (Wildman–Crippen LogP) is -1.23. The lowest BCUT2D eigenvalue weighted by Crippen LogP contribution is -2.16. The summed E-state index contributed by atoms with van der Waals surface area (Å²) in [5.41, 5.74) is 0.212. The summed E-state index contributed by atoms with van der Waals surface area (Å²) >= 11 is 0. The van der Waals surface area contributed by atoms with Crippen molar-refractivity contribution in [3.8, 4) is 0 Å². The van der Waals surface area contributed by atoms with Crippen molar-refractivity contribution in [2.45, 2.75) is 13.0 Å². The topological polar surface area (TPSA) is 104 Å². The van der Waals surface area contributed by atoms with Gasteiger partial charge in [-0.2, -0.15) is 0 Å². The number of esters is 2. The van der Waals surface area contributed by atoms with Crippen LogP contribution in [-0.2, 0) is 27.2 Å². The molecule has 1 aromatic heterocycles. The van der Waals surface area contributed by atoms with E-state index < -0.39 is 11.9 Å². The van der Waals surface area contributed by atoms with Gasteiger partial charge < -0.3 is 14.6 Å². The zero-order chi connectivity index (χ0) is 12.8. The van der Waals surface area contributed by atoms with E-state index in [1.807, 2.05) is 0 Å². The van der Waals surface area contributed by atoms with E-state index in [0.717, 1.165) is 0 Å². The first-order valence-corrected chi connectivity index (χ1v) is 4.82. The quantitative estimate of drug-likeness (QED) is 0.646. The van der Waals surface area contributed by atoms with Crippen molar-refractivity contribution in [1.82, 2.24) is 15.0 Å². The SMILES string of the molecule is COC(=O)Cc1c(C(=O)OC)nnn1CCO. The number of nitrogens with zero attached hydrogens (tertiary/aromatic N) is 3. The van der Waals surface area contributed by atoms with Gasteiger partial charge in [0.05, 0.1) is 39.5 Å². The lowest BCUT2D eigenvalue weighted by atomic mass is 10.2. The van der Waals surface area contributed by atoms with Gasteiger partial charge in [-0.25, -0.2) is 9.48 Å². The van der Waals surface area contributed by atoms with Gasteiger partial charge in [0.2, 0.25) is 0 Å². The van der Waals surface area contributed by atoms with E-state index in [-0.39, 0.29) is 31.0 Å². The number of hydrogen-bond donors (Lipinski definition) is 1. The fourth-order valence-corrected chi connectivity index (χ4v) is 1.25. The third-order valence-corrected chi connectivity index (χ3v) is 2.07. The summed E-state index contributed by atoms with van der Waals surface area (Å²) in [6.07, 6.45) is -0.159. The first-order chi connectivity index (χ1) is 8.13. The van der Waals surface area contributed by atoms with Gasteiger partial charge in [0.1, 0.15) is 0 Å². The third kappa shape index (κ3) is 3.00. The fourth-order valence-electron chi connectivity index (χ4n) is 1.25. The van der Waals surface area contributed by atoms with Gasteiger partial charge in [-0.15, -0.1) is 5.10 Å². The highest BCUT2D eigenvalue weighted by Crippen LogP contribution is 2.08. The molecule has 8 heteroatoms. The maximum atomic E-state index is 11.4. The molecule has 0 aliphatic rings. The van der Waals surface area contributed by atoms with Crippen molar-refractivity contribution >= 4 is 11.9 Å². The Labute approximate surface area is 97.1 Å². The molecule has 1 rings (SSSR count). The van der Waals surface area contributed by atoms with Gasteiger partial charge in [0, 0.05) is 0 Å². The Balaban J connectivity index is 3.05. The van der Waals surface area contributed by atoms with Crippen LogP contribution in [-0.4, -0.2) is 52.9 Å². The first kappa shape index (κ1) is 13.1. The standard InChI is InChI=1S/C9H13N3O5/c1-16-7(14)5-6-8(9(15)17-2)10-11-12(6)3-4-13/h13H,3-5H2,1-2H3. The molecule has 0 spiro atoms. The van der Waals surface area contributed by atoms with Crippen molar-refractivity contribution in [2.24, 2.45) is 0 Å². The maximum absolute atomic E-state index is 11.4. The predicted molar refractivity (Wildman–Crippen MR) is 54.2 cm³/mol. The first-order valence-electron chi connectivity index (χ1n) is 4.82. The van der Waals surface area contributed by atoms with Crippen molar-refractivity contribution in [3.63, 3.8) is 0 Å². The molecule has 0 radical (unpaired) electrons. The van der Waals surface area contributed by atoms with E-state index in [1.54, 1.807) is 0 Å². The van der Waals surface area contributed by atoms with Crippen LogP contribution in [0.5, 0.6) is 0 Å². The van der Waals surface area contributed by atoms with E-state index in [9.17, 15) is 9.59 Å². The Morgan fingerprint density at radius 2 is 2.06 bits per heavy atom. The van der Waals surface area contributed by atoms with Crippen LogP contribution in [0.25, 0.3) is 0 Å². The summed E-state index contributed by atoms with van der Waals surface area (Å²) in [5.74, 6) is -1.22. The van der Waals surface area contributed by atoms with Gasteiger partial charge in [0.25, 0.3) is 0 Å². The van der Waals surface area contributed by atoms with Crippen LogP contribution in [0, 0.1) is 0 Å². The second-order valence-electron chi connectivity index (χ2n) is 3.08. The summed E-state index contributed by atoms with van der Waals surface area (Å²) in [5, 5.41) is 16.1. The molecule has 17 heavy (non-hydrogen) atoms. The largest absolute Gasteiger partial charge is 0.469 e. The molecule has 1 aromatic rings. The van der Waals surface area contributed by atoms with Crippen LogP contribution < -0.4 is 0 Å². The average Bonchev–Trinajstić information content (AvgIpc) is 2.72. The maximum Gasteiger partial charge on any atom is 0.360 e. The highest BCUT2D eigenvalue weighted by Gasteiger charge is 2.22. The van der Waals surface area contributed by atoms with Crippen LogP contribution >= 0.6 is 0 Å². The lowest BCUT2D eigenvalue weighted by Gasteiger charge is -2.04. The van der Waals surface area contributed by atoms with Crippen LogP contribution in [0.2, 0.25) is 0 Å². The molecule has 0 aliphatic heterocycles. The van der Waals surface area contributed by atoms with E-state index in [1.165, 1.54) is 18.9 Å². The molecule has 94 valence electrons. The summed E-state index contributed by atoms with van der Waals surface area (Å²) < 4.78 is 10.3. The van der Waals surface area contributed by atoms with Crippen LogP contribution in [0.4, 0.5) is 0 Å².